The Kier molecular flexibility index (Phi) is 5.46. The van der Waals surface area contributed by atoms with Crippen molar-refractivity contribution in [2.45, 2.75) is 25.3 Å². The van der Waals surface area contributed by atoms with E-state index >= 15 is 0 Å². The second-order valence-corrected chi connectivity index (χ2v) is 6.85. The van der Waals surface area contributed by atoms with Crippen LogP contribution in [-0.4, -0.2) is 27.7 Å². The molecule has 0 aromatic heterocycles. The van der Waals surface area contributed by atoms with Gasteiger partial charge in [-0.15, -0.1) is 0 Å². The first-order chi connectivity index (χ1) is 12.5. The van der Waals surface area contributed by atoms with Crippen molar-refractivity contribution in [3.05, 3.63) is 69.9 Å². The number of rotatable bonds is 5. The van der Waals surface area contributed by atoms with Gasteiger partial charge in [0.15, 0.2) is 0 Å². The first-order valence-corrected chi connectivity index (χ1v) is 8.86. The van der Waals surface area contributed by atoms with Crippen LogP contribution >= 0.6 is 15.9 Å². The second kappa shape index (κ2) is 7.78. The highest BCUT2D eigenvalue weighted by Crippen LogP contribution is 2.35. The zero-order valence-electron chi connectivity index (χ0n) is 13.7. The van der Waals surface area contributed by atoms with Crippen molar-refractivity contribution in [2.24, 2.45) is 5.10 Å². The number of halogens is 2. The minimum absolute atomic E-state index is 0.185. The van der Waals surface area contributed by atoms with Crippen LogP contribution in [0.4, 0.5) is 4.39 Å². The van der Waals surface area contributed by atoms with Gasteiger partial charge in [0, 0.05) is 22.9 Å². The number of benzene rings is 2. The number of carbonyl (C=O) groups is 2. The zero-order valence-corrected chi connectivity index (χ0v) is 15.3. The molecule has 5 nitrogen and oxygen atoms in total. The van der Waals surface area contributed by atoms with Crippen molar-refractivity contribution in [2.75, 3.05) is 0 Å². The Balaban J connectivity index is 1.94. The molecule has 7 heteroatoms. The number of hydrogen-bond donors (Lipinski definition) is 1. The first kappa shape index (κ1) is 18.3. The predicted molar refractivity (Wildman–Crippen MR) is 98.2 cm³/mol. The third-order valence-electron chi connectivity index (χ3n) is 4.14. The van der Waals surface area contributed by atoms with Crippen LogP contribution in [0.3, 0.4) is 0 Å². The summed E-state index contributed by atoms with van der Waals surface area (Å²) >= 11 is 3.40. The van der Waals surface area contributed by atoms with Gasteiger partial charge in [0.1, 0.15) is 5.82 Å². The van der Waals surface area contributed by atoms with Crippen LogP contribution in [-0.2, 0) is 9.59 Å². The van der Waals surface area contributed by atoms with E-state index in [2.05, 4.69) is 21.0 Å². The quantitative estimate of drug-likeness (QED) is 0.793. The second-order valence-electron chi connectivity index (χ2n) is 5.93. The van der Waals surface area contributed by atoms with Crippen molar-refractivity contribution < 1.29 is 19.1 Å². The van der Waals surface area contributed by atoms with Gasteiger partial charge in [0.25, 0.3) is 0 Å². The Hall–Kier alpha value is -2.54. The molecule has 0 bridgehead atoms. The van der Waals surface area contributed by atoms with Crippen LogP contribution in [0.25, 0.3) is 0 Å². The number of hydrogen-bond acceptors (Lipinski definition) is 3. The fourth-order valence-corrected chi connectivity index (χ4v) is 3.30. The van der Waals surface area contributed by atoms with Gasteiger partial charge in [0.05, 0.1) is 18.2 Å². The lowest BCUT2D eigenvalue weighted by molar-refractivity contribution is -0.141. The van der Waals surface area contributed by atoms with E-state index in [1.54, 1.807) is 18.2 Å². The van der Waals surface area contributed by atoms with Gasteiger partial charge in [-0.2, -0.15) is 5.10 Å². The highest BCUT2D eigenvalue weighted by Gasteiger charge is 2.34. The Morgan fingerprint density at radius 1 is 1.19 bits per heavy atom. The van der Waals surface area contributed by atoms with Gasteiger partial charge >= 0.3 is 5.97 Å². The molecule has 2 aromatic rings. The summed E-state index contributed by atoms with van der Waals surface area (Å²) < 4.78 is 15.2. The summed E-state index contributed by atoms with van der Waals surface area (Å²) in [6, 6.07) is 13.1. The molecule has 1 aliphatic heterocycles. The van der Waals surface area contributed by atoms with Gasteiger partial charge in [-0.3, -0.25) is 9.59 Å². The summed E-state index contributed by atoms with van der Waals surface area (Å²) in [5, 5.41) is 14.4. The van der Waals surface area contributed by atoms with Crippen LogP contribution in [0.15, 0.2) is 58.1 Å². The summed E-state index contributed by atoms with van der Waals surface area (Å²) in [7, 11) is 0. The first-order valence-electron chi connectivity index (χ1n) is 8.07. The topological polar surface area (TPSA) is 70.0 Å². The predicted octanol–water partition coefficient (Wildman–Crippen LogP) is 4.13. The Morgan fingerprint density at radius 2 is 1.96 bits per heavy atom. The third kappa shape index (κ3) is 3.99. The van der Waals surface area contributed by atoms with Gasteiger partial charge in [-0.05, 0) is 23.8 Å². The molecular weight excluding hydrogens is 403 g/mol. The van der Waals surface area contributed by atoms with Gasteiger partial charge in [-0.1, -0.05) is 46.3 Å². The number of nitrogens with zero attached hydrogens (tertiary/aromatic N) is 2. The van der Waals surface area contributed by atoms with Crippen LogP contribution in [0, 0.1) is 5.82 Å². The van der Waals surface area contributed by atoms with E-state index in [4.69, 9.17) is 5.11 Å². The molecule has 2 aromatic carbocycles. The highest BCUT2D eigenvalue weighted by atomic mass is 79.9. The molecule has 1 aliphatic rings. The zero-order chi connectivity index (χ0) is 18.7. The summed E-state index contributed by atoms with van der Waals surface area (Å²) in [5.41, 5.74) is 1.85. The number of carbonyl (C=O) groups excluding carboxylic acids is 1. The maximum Gasteiger partial charge on any atom is 0.303 e. The number of aliphatic carboxylic acids is 1. The van der Waals surface area contributed by atoms with Crippen LogP contribution < -0.4 is 0 Å². The average Bonchev–Trinajstić information content (AvgIpc) is 3.05. The monoisotopic (exact) mass is 418 g/mol. The van der Waals surface area contributed by atoms with E-state index < -0.39 is 23.7 Å². The third-order valence-corrected chi connectivity index (χ3v) is 4.63. The molecule has 0 saturated heterocycles. The fraction of sp³-hybridized carbons (Fsp3) is 0.211. The molecule has 1 amide bonds. The molecule has 0 spiro atoms. The van der Waals surface area contributed by atoms with Crippen LogP contribution in [0.2, 0.25) is 0 Å². The average molecular weight is 419 g/mol. The lowest BCUT2D eigenvalue weighted by Gasteiger charge is -2.22. The lowest BCUT2D eigenvalue weighted by Crippen LogP contribution is -2.28. The van der Waals surface area contributed by atoms with Crippen molar-refractivity contribution in [1.29, 1.82) is 0 Å². The van der Waals surface area contributed by atoms with E-state index in [1.807, 2.05) is 24.3 Å². The number of carboxylic acid groups (broad SMARTS) is 1. The number of hydrazone groups is 1. The molecule has 0 fully saturated rings. The summed E-state index contributed by atoms with van der Waals surface area (Å²) in [6.07, 6.45) is -0.118. The molecule has 1 atom stereocenters. The van der Waals surface area contributed by atoms with E-state index in [1.165, 1.54) is 11.1 Å². The normalized spacial score (nSPS) is 16.5. The van der Waals surface area contributed by atoms with Gasteiger partial charge in [0.2, 0.25) is 5.91 Å². The molecule has 1 heterocycles. The SMILES string of the molecule is O=C(O)CCC(=O)N1N=C(c2cccc(Br)c2)C[C@H]1c1ccccc1F. The molecule has 0 aliphatic carbocycles. The molecule has 26 heavy (non-hydrogen) atoms. The molecule has 0 saturated carbocycles. The van der Waals surface area contributed by atoms with E-state index in [9.17, 15) is 14.0 Å². The smallest absolute Gasteiger partial charge is 0.303 e. The molecule has 1 N–H and O–H groups in total. The lowest BCUT2D eigenvalue weighted by atomic mass is 9.98. The van der Waals surface area contributed by atoms with Crippen LogP contribution in [0.5, 0.6) is 0 Å². The maximum atomic E-state index is 14.3. The minimum atomic E-state index is -1.06. The molecule has 3 rings (SSSR count). The van der Waals surface area contributed by atoms with Gasteiger partial charge < -0.3 is 5.11 Å². The number of carboxylic acids is 1. The van der Waals surface area contributed by atoms with Crippen molar-refractivity contribution >= 4 is 33.5 Å². The van der Waals surface area contributed by atoms with E-state index in [-0.39, 0.29) is 12.8 Å². The van der Waals surface area contributed by atoms with Crippen molar-refractivity contribution in [3.63, 3.8) is 0 Å². The standard InChI is InChI=1S/C19H16BrFN2O3/c20-13-5-3-4-12(10-13)16-11-17(14-6-1-2-7-15(14)21)23(22-16)18(24)8-9-19(25)26/h1-7,10,17H,8-9,11H2,(H,25,26)/t17-/m0/s1. The van der Waals surface area contributed by atoms with Crippen molar-refractivity contribution in [1.82, 2.24) is 5.01 Å². The largest absolute Gasteiger partial charge is 0.481 e. The summed E-state index contributed by atoms with van der Waals surface area (Å²) in [5.74, 6) is -1.92. The fourth-order valence-electron chi connectivity index (χ4n) is 2.90. The Morgan fingerprint density at radius 3 is 2.65 bits per heavy atom. The summed E-state index contributed by atoms with van der Waals surface area (Å²) in [4.78, 5) is 23.3. The van der Waals surface area contributed by atoms with E-state index in [0.717, 1.165) is 10.0 Å². The van der Waals surface area contributed by atoms with Crippen LogP contribution in [0.1, 0.15) is 36.4 Å². The summed E-state index contributed by atoms with van der Waals surface area (Å²) in [6.45, 7) is 0. The van der Waals surface area contributed by atoms with Crippen molar-refractivity contribution in [3.8, 4) is 0 Å². The van der Waals surface area contributed by atoms with Gasteiger partial charge in [-0.25, -0.2) is 9.40 Å². The Labute approximate surface area is 158 Å². The molecular formula is C19H16BrFN2O3. The molecule has 0 unspecified atom stereocenters. The number of amides is 1. The highest BCUT2D eigenvalue weighted by molar-refractivity contribution is 9.10. The minimum Gasteiger partial charge on any atom is -0.481 e. The maximum absolute atomic E-state index is 14.3. The van der Waals surface area contributed by atoms with E-state index in [0.29, 0.717) is 17.7 Å². The molecule has 134 valence electrons. The molecule has 0 radical (unpaired) electrons. The Bertz CT molecular complexity index is 885.